The maximum atomic E-state index is 5.92. The summed E-state index contributed by atoms with van der Waals surface area (Å²) in [5, 5.41) is 4.36. The Bertz CT molecular complexity index is 1050. The summed E-state index contributed by atoms with van der Waals surface area (Å²) in [7, 11) is 0. The van der Waals surface area contributed by atoms with Crippen LogP contribution in [-0.2, 0) is 0 Å². The lowest BCUT2D eigenvalue weighted by Crippen LogP contribution is -2.08. The van der Waals surface area contributed by atoms with Crippen molar-refractivity contribution in [2.75, 3.05) is 11.1 Å². The van der Waals surface area contributed by atoms with E-state index in [1.165, 1.54) is 0 Å². The summed E-state index contributed by atoms with van der Waals surface area (Å²) in [5.74, 6) is 2.39. The van der Waals surface area contributed by atoms with E-state index in [-0.39, 0.29) is 6.04 Å². The Labute approximate surface area is 157 Å². The second kappa shape index (κ2) is 7.33. The molecule has 5 nitrogen and oxygen atoms in total. The van der Waals surface area contributed by atoms with Gasteiger partial charge in [0, 0.05) is 17.1 Å². The van der Waals surface area contributed by atoms with Crippen molar-refractivity contribution in [3.63, 3.8) is 0 Å². The molecule has 0 fully saturated rings. The number of hydrogen-bond donors (Lipinski definition) is 2. The Morgan fingerprint density at radius 2 is 1.63 bits per heavy atom. The summed E-state index contributed by atoms with van der Waals surface area (Å²) in [4.78, 5) is 8.68. The summed E-state index contributed by atoms with van der Waals surface area (Å²) in [6, 6.07) is 23.5. The van der Waals surface area contributed by atoms with Gasteiger partial charge in [-0.3, -0.25) is 0 Å². The van der Waals surface area contributed by atoms with Gasteiger partial charge >= 0.3 is 0 Å². The molecule has 0 unspecified atom stereocenters. The van der Waals surface area contributed by atoms with Crippen molar-refractivity contribution in [2.24, 2.45) is 0 Å². The minimum atomic E-state index is 0.0651. The van der Waals surface area contributed by atoms with Crippen molar-refractivity contribution in [1.29, 1.82) is 0 Å². The van der Waals surface area contributed by atoms with Gasteiger partial charge in [-0.15, -0.1) is 0 Å². The van der Waals surface area contributed by atoms with Gasteiger partial charge in [-0.25, -0.2) is 9.97 Å². The van der Waals surface area contributed by atoms with E-state index in [0.717, 1.165) is 33.8 Å². The lowest BCUT2D eigenvalue weighted by Gasteiger charge is -2.17. The molecule has 1 atom stereocenters. The average Bonchev–Trinajstić information content (AvgIpc) is 2.70. The molecule has 3 N–H and O–H groups in total. The van der Waals surface area contributed by atoms with Gasteiger partial charge in [0.2, 0.25) is 0 Å². The molecule has 1 heterocycles. The Morgan fingerprint density at radius 3 is 2.41 bits per heavy atom. The number of nitrogens with two attached hydrogens (primary N) is 1. The molecule has 0 radical (unpaired) electrons. The summed E-state index contributed by atoms with van der Waals surface area (Å²) >= 11 is 0. The minimum absolute atomic E-state index is 0.0651. The number of anilines is 2. The molecular weight excluding hydrogens is 336 g/mol. The number of aromatic nitrogens is 2. The molecule has 1 aromatic heterocycles. The first-order valence-corrected chi connectivity index (χ1v) is 8.79. The van der Waals surface area contributed by atoms with Gasteiger partial charge in [0.05, 0.1) is 5.52 Å². The molecule has 4 rings (SSSR count). The van der Waals surface area contributed by atoms with Crippen molar-refractivity contribution < 1.29 is 4.74 Å². The summed E-state index contributed by atoms with van der Waals surface area (Å²) in [6.07, 6.45) is 1.56. The minimum Gasteiger partial charge on any atom is -0.457 e. The maximum Gasteiger partial charge on any atom is 0.137 e. The van der Waals surface area contributed by atoms with Crippen LogP contribution in [0.2, 0.25) is 0 Å². The first-order valence-electron chi connectivity index (χ1n) is 8.79. The van der Waals surface area contributed by atoms with Crippen molar-refractivity contribution in [1.82, 2.24) is 9.97 Å². The number of nitrogens with zero attached hydrogens (tertiary/aromatic N) is 2. The second-order valence-electron chi connectivity index (χ2n) is 6.35. The van der Waals surface area contributed by atoms with E-state index < -0.39 is 0 Å². The third-order valence-corrected chi connectivity index (χ3v) is 4.37. The standard InChI is InChI=1S/C22H20N4O/c1-15(26-22-20-13-17(23)9-12-21(20)24-14-25-22)16-7-10-19(11-8-16)27-18-5-3-2-4-6-18/h2-15H,23H2,1H3,(H,24,25,26)/t15-/m0/s1. The number of fused-ring (bicyclic) bond motifs is 1. The number of para-hydroxylation sites is 1. The SMILES string of the molecule is C[C@H](Nc1ncnc2ccc(N)cc12)c1ccc(Oc2ccccc2)cc1. The Kier molecular flexibility index (Phi) is 4.58. The third kappa shape index (κ3) is 3.82. The molecule has 0 saturated carbocycles. The van der Waals surface area contributed by atoms with E-state index in [4.69, 9.17) is 10.5 Å². The average molecular weight is 356 g/mol. The molecule has 0 aliphatic carbocycles. The predicted molar refractivity (Wildman–Crippen MR) is 109 cm³/mol. The fourth-order valence-corrected chi connectivity index (χ4v) is 2.93. The van der Waals surface area contributed by atoms with Gasteiger partial charge in [0.15, 0.2) is 0 Å². The van der Waals surface area contributed by atoms with Crippen LogP contribution in [0.15, 0.2) is 79.1 Å². The van der Waals surface area contributed by atoms with Gasteiger partial charge in [-0.1, -0.05) is 30.3 Å². The van der Waals surface area contributed by atoms with Crippen LogP contribution in [0.4, 0.5) is 11.5 Å². The van der Waals surface area contributed by atoms with E-state index in [1.807, 2.05) is 72.8 Å². The molecule has 0 spiro atoms. The maximum absolute atomic E-state index is 5.92. The van der Waals surface area contributed by atoms with Crippen molar-refractivity contribution in [2.45, 2.75) is 13.0 Å². The molecule has 4 aromatic rings. The lowest BCUT2D eigenvalue weighted by atomic mass is 10.1. The molecule has 27 heavy (non-hydrogen) atoms. The molecule has 3 aromatic carbocycles. The van der Waals surface area contributed by atoms with Crippen LogP contribution in [0.25, 0.3) is 10.9 Å². The zero-order valence-corrected chi connectivity index (χ0v) is 15.0. The molecular formula is C22H20N4O. The Hall–Kier alpha value is -3.60. The van der Waals surface area contributed by atoms with Crippen LogP contribution >= 0.6 is 0 Å². The third-order valence-electron chi connectivity index (χ3n) is 4.37. The van der Waals surface area contributed by atoms with Gasteiger partial charge in [0.25, 0.3) is 0 Å². The van der Waals surface area contributed by atoms with Crippen LogP contribution < -0.4 is 15.8 Å². The number of ether oxygens (including phenoxy) is 1. The van der Waals surface area contributed by atoms with E-state index in [9.17, 15) is 0 Å². The van der Waals surface area contributed by atoms with E-state index in [1.54, 1.807) is 6.33 Å². The van der Waals surface area contributed by atoms with Crippen LogP contribution in [0.1, 0.15) is 18.5 Å². The van der Waals surface area contributed by atoms with E-state index in [2.05, 4.69) is 22.2 Å². The van der Waals surface area contributed by atoms with Crippen molar-refractivity contribution in [3.8, 4) is 11.5 Å². The fraction of sp³-hybridized carbons (Fsp3) is 0.0909. The zero-order chi connectivity index (χ0) is 18.6. The molecule has 5 heteroatoms. The second-order valence-corrected chi connectivity index (χ2v) is 6.35. The molecule has 0 bridgehead atoms. The normalized spacial score (nSPS) is 11.9. The first kappa shape index (κ1) is 16.8. The summed E-state index contributed by atoms with van der Waals surface area (Å²) in [5.41, 5.74) is 8.60. The molecule has 0 saturated heterocycles. The Morgan fingerprint density at radius 1 is 0.889 bits per heavy atom. The molecule has 0 aliphatic rings. The predicted octanol–water partition coefficient (Wildman–Crippen LogP) is 5.18. The molecule has 134 valence electrons. The fourth-order valence-electron chi connectivity index (χ4n) is 2.93. The van der Waals surface area contributed by atoms with Crippen LogP contribution in [0.5, 0.6) is 11.5 Å². The number of benzene rings is 3. The van der Waals surface area contributed by atoms with Gasteiger partial charge in [0.1, 0.15) is 23.6 Å². The van der Waals surface area contributed by atoms with Gasteiger partial charge in [-0.2, -0.15) is 0 Å². The molecule has 0 amide bonds. The first-order chi connectivity index (χ1) is 13.2. The van der Waals surface area contributed by atoms with Crippen LogP contribution in [0, 0.1) is 0 Å². The highest BCUT2D eigenvalue weighted by atomic mass is 16.5. The van der Waals surface area contributed by atoms with E-state index in [0.29, 0.717) is 5.69 Å². The quantitative estimate of drug-likeness (QED) is 0.482. The number of hydrogen-bond acceptors (Lipinski definition) is 5. The smallest absolute Gasteiger partial charge is 0.137 e. The number of nitrogen functional groups attached to an aromatic ring is 1. The van der Waals surface area contributed by atoms with Gasteiger partial charge in [-0.05, 0) is 55.0 Å². The highest BCUT2D eigenvalue weighted by molar-refractivity contribution is 5.91. The Balaban J connectivity index is 1.52. The van der Waals surface area contributed by atoms with Crippen LogP contribution in [0.3, 0.4) is 0 Å². The highest BCUT2D eigenvalue weighted by Gasteiger charge is 2.10. The number of rotatable bonds is 5. The van der Waals surface area contributed by atoms with Crippen molar-refractivity contribution >= 4 is 22.4 Å². The highest BCUT2D eigenvalue weighted by Crippen LogP contribution is 2.27. The lowest BCUT2D eigenvalue weighted by molar-refractivity contribution is 0.482. The summed E-state index contributed by atoms with van der Waals surface area (Å²) in [6.45, 7) is 2.09. The monoisotopic (exact) mass is 356 g/mol. The topological polar surface area (TPSA) is 73.1 Å². The zero-order valence-electron chi connectivity index (χ0n) is 15.0. The van der Waals surface area contributed by atoms with Gasteiger partial charge < -0.3 is 15.8 Å². The largest absolute Gasteiger partial charge is 0.457 e. The molecule has 0 aliphatic heterocycles. The van der Waals surface area contributed by atoms with E-state index >= 15 is 0 Å². The van der Waals surface area contributed by atoms with Crippen LogP contribution in [-0.4, -0.2) is 9.97 Å². The number of nitrogens with one attached hydrogen (secondary N) is 1. The van der Waals surface area contributed by atoms with Crippen molar-refractivity contribution in [3.05, 3.63) is 84.7 Å². The summed E-state index contributed by atoms with van der Waals surface area (Å²) < 4.78 is 5.85.